The molecule has 4 heterocycles. The van der Waals surface area contributed by atoms with Gasteiger partial charge in [0.2, 0.25) is 0 Å². The van der Waals surface area contributed by atoms with Crippen LogP contribution in [-0.4, -0.2) is 109 Å². The van der Waals surface area contributed by atoms with Gasteiger partial charge in [-0.1, -0.05) is 30.3 Å². The minimum absolute atomic E-state index is 0.0740. The molecule has 1 aromatic heterocycles. The summed E-state index contributed by atoms with van der Waals surface area (Å²) < 4.78 is 13.5. The zero-order chi connectivity index (χ0) is 41.4. The molecule has 12 nitrogen and oxygen atoms in total. The van der Waals surface area contributed by atoms with Crippen molar-refractivity contribution in [1.82, 2.24) is 19.3 Å². The number of nitrogens with zero attached hydrogens (tertiary/aromatic N) is 6. The van der Waals surface area contributed by atoms with Gasteiger partial charge in [-0.25, -0.2) is 4.79 Å². The topological polar surface area (TPSA) is 111 Å². The molecular weight excluding hydrogens is 745 g/mol. The van der Waals surface area contributed by atoms with Gasteiger partial charge in [0.05, 0.1) is 18.8 Å². The third kappa shape index (κ3) is 8.15. The maximum Gasteiger partial charge on any atom is 0.415 e. The Morgan fingerprint density at radius 1 is 0.797 bits per heavy atom. The van der Waals surface area contributed by atoms with E-state index in [0.29, 0.717) is 55.3 Å². The minimum atomic E-state index is -0.444. The number of benzene rings is 4. The Labute approximate surface area is 345 Å². The number of anilines is 2. The summed E-state index contributed by atoms with van der Waals surface area (Å²) in [6, 6.07) is 28.2. The fourth-order valence-corrected chi connectivity index (χ4v) is 8.52. The molecule has 0 radical (unpaired) electrons. The number of rotatable bonds is 8. The van der Waals surface area contributed by atoms with E-state index in [2.05, 4.69) is 29.2 Å². The fraction of sp³-hybridized carbons (Fsp3) is 0.340. The molecule has 12 heteroatoms. The first-order valence-electron chi connectivity index (χ1n) is 20.3. The van der Waals surface area contributed by atoms with E-state index in [1.165, 1.54) is 5.56 Å². The Kier molecular flexibility index (Phi) is 11.2. The first-order chi connectivity index (χ1) is 28.4. The van der Waals surface area contributed by atoms with Crippen LogP contribution in [0.25, 0.3) is 11.3 Å². The van der Waals surface area contributed by atoms with Crippen LogP contribution in [-0.2, 0) is 37.7 Å². The van der Waals surface area contributed by atoms with Crippen molar-refractivity contribution in [2.24, 2.45) is 7.05 Å². The van der Waals surface area contributed by atoms with E-state index in [9.17, 15) is 14.7 Å². The molecule has 1 N–H and O–H groups in total. The molecule has 8 rings (SSSR count). The number of phenolic OH excluding ortho intramolecular Hbond substituents is 1. The average Bonchev–Trinajstić information content (AvgIpc) is 3.55. The number of hydrogen-bond donors (Lipinski definition) is 1. The maximum absolute atomic E-state index is 15.4. The summed E-state index contributed by atoms with van der Waals surface area (Å²) >= 11 is 0. The first-order valence-corrected chi connectivity index (χ1v) is 20.3. The normalized spacial score (nSPS) is 16.6. The molecule has 306 valence electrons. The number of morpholine rings is 1. The molecule has 0 unspecified atom stereocenters. The van der Waals surface area contributed by atoms with Gasteiger partial charge in [-0.15, -0.1) is 0 Å². The molecule has 1 fully saturated rings. The van der Waals surface area contributed by atoms with Crippen LogP contribution in [0.1, 0.15) is 48.7 Å². The largest absolute Gasteiger partial charge is 0.508 e. The van der Waals surface area contributed by atoms with Crippen LogP contribution >= 0.6 is 0 Å². The highest BCUT2D eigenvalue weighted by Gasteiger charge is 2.35. The molecule has 3 amide bonds. The van der Waals surface area contributed by atoms with Gasteiger partial charge in [0, 0.05) is 113 Å². The standard InChI is InChI=1S/C47H52N6O6/c1-31-41(45(55)50(5)36-13-15-39(54)16-14-36)27-44(49(31)4)42-24-33-17-18-52(47(57)59-40-12-8-11-37(26-40)48(2)3)28-35(33)25-43(42)46(56)53-29-34-10-7-6-9-32(34)23-38(53)30-51-19-21-58-22-20-51/h6-16,24-27,38,54H,17-23,28-30H2,1-5H3/t38-/m0/s1. The lowest BCUT2D eigenvalue weighted by atomic mass is 9.89. The predicted octanol–water partition coefficient (Wildman–Crippen LogP) is 6.51. The Morgan fingerprint density at radius 3 is 2.29 bits per heavy atom. The molecular formula is C47H52N6O6. The van der Waals surface area contributed by atoms with Crippen LogP contribution < -0.4 is 14.5 Å². The smallest absolute Gasteiger partial charge is 0.415 e. The van der Waals surface area contributed by atoms with E-state index in [-0.39, 0.29) is 30.2 Å². The number of phenols is 1. The molecule has 0 spiro atoms. The van der Waals surface area contributed by atoms with Crippen LogP contribution in [0, 0.1) is 6.92 Å². The van der Waals surface area contributed by atoms with Crippen molar-refractivity contribution in [3.05, 3.63) is 130 Å². The van der Waals surface area contributed by atoms with Gasteiger partial charge in [-0.05, 0) is 96.6 Å². The highest BCUT2D eigenvalue weighted by molar-refractivity contribution is 6.08. The molecule has 1 atom stereocenters. The summed E-state index contributed by atoms with van der Waals surface area (Å²) in [5.74, 6) is 0.292. The zero-order valence-electron chi connectivity index (χ0n) is 34.5. The van der Waals surface area contributed by atoms with Crippen molar-refractivity contribution >= 4 is 29.3 Å². The van der Waals surface area contributed by atoms with Gasteiger partial charge >= 0.3 is 6.09 Å². The number of ether oxygens (including phenoxy) is 2. The van der Waals surface area contributed by atoms with E-state index >= 15 is 4.79 Å². The van der Waals surface area contributed by atoms with E-state index in [1.54, 1.807) is 47.2 Å². The summed E-state index contributed by atoms with van der Waals surface area (Å²) in [6.07, 6.45) is 0.861. The SMILES string of the molecule is Cc1c(C(=O)N(C)c2ccc(O)cc2)cc(-c2cc3c(cc2C(=O)N2Cc4ccccc4C[C@H]2CN2CCOCC2)CN(C(=O)Oc2cccc(N(C)C)c2)CC3)n1C. The first kappa shape index (κ1) is 39.7. The highest BCUT2D eigenvalue weighted by atomic mass is 16.6. The van der Waals surface area contributed by atoms with Gasteiger partial charge < -0.3 is 38.7 Å². The number of carbonyl (C=O) groups excluding carboxylic acids is 3. The van der Waals surface area contributed by atoms with Crippen LogP contribution in [0.3, 0.4) is 0 Å². The number of hydrogen-bond acceptors (Lipinski definition) is 8. The molecule has 59 heavy (non-hydrogen) atoms. The quantitative estimate of drug-likeness (QED) is 0.190. The van der Waals surface area contributed by atoms with E-state index in [1.807, 2.05) is 78.8 Å². The van der Waals surface area contributed by atoms with E-state index in [4.69, 9.17) is 9.47 Å². The second kappa shape index (κ2) is 16.6. The third-order valence-corrected chi connectivity index (χ3v) is 12.2. The molecule has 1 saturated heterocycles. The van der Waals surface area contributed by atoms with Gasteiger partial charge in [-0.2, -0.15) is 0 Å². The molecule has 5 aromatic rings. The van der Waals surface area contributed by atoms with Crippen molar-refractivity contribution in [3.63, 3.8) is 0 Å². The van der Waals surface area contributed by atoms with Gasteiger partial charge in [-0.3, -0.25) is 14.5 Å². The molecule has 0 saturated carbocycles. The Balaban J connectivity index is 1.18. The van der Waals surface area contributed by atoms with E-state index < -0.39 is 6.09 Å². The number of amides is 3. The van der Waals surface area contributed by atoms with Crippen molar-refractivity contribution < 1.29 is 29.0 Å². The lowest BCUT2D eigenvalue weighted by molar-refractivity contribution is 0.0193. The highest BCUT2D eigenvalue weighted by Crippen LogP contribution is 2.36. The van der Waals surface area contributed by atoms with Crippen LogP contribution in [0.5, 0.6) is 11.5 Å². The Bertz CT molecular complexity index is 2380. The van der Waals surface area contributed by atoms with Gasteiger partial charge in [0.1, 0.15) is 11.5 Å². The van der Waals surface area contributed by atoms with Crippen molar-refractivity contribution in [2.45, 2.75) is 38.9 Å². The number of fused-ring (bicyclic) bond motifs is 2. The summed E-state index contributed by atoms with van der Waals surface area (Å²) in [5, 5.41) is 9.86. The fourth-order valence-electron chi connectivity index (χ4n) is 8.52. The monoisotopic (exact) mass is 796 g/mol. The second-order valence-electron chi connectivity index (χ2n) is 16.0. The average molecular weight is 797 g/mol. The minimum Gasteiger partial charge on any atom is -0.508 e. The number of aromatic nitrogens is 1. The summed E-state index contributed by atoms with van der Waals surface area (Å²) in [7, 11) is 7.52. The zero-order valence-corrected chi connectivity index (χ0v) is 34.5. The number of carbonyl (C=O) groups is 3. The summed E-state index contributed by atoms with van der Waals surface area (Å²) in [5.41, 5.74) is 9.17. The molecule has 3 aliphatic heterocycles. The molecule has 0 aliphatic carbocycles. The van der Waals surface area contributed by atoms with Crippen LogP contribution in [0.15, 0.2) is 91.0 Å². The maximum atomic E-state index is 15.4. The van der Waals surface area contributed by atoms with E-state index in [0.717, 1.165) is 65.4 Å². The molecule has 3 aliphatic rings. The summed E-state index contributed by atoms with van der Waals surface area (Å²) in [4.78, 5) is 52.8. The lowest BCUT2D eigenvalue weighted by Gasteiger charge is -2.41. The predicted molar refractivity (Wildman–Crippen MR) is 228 cm³/mol. The second-order valence-corrected chi connectivity index (χ2v) is 16.0. The van der Waals surface area contributed by atoms with Crippen molar-refractivity contribution in [2.75, 3.05) is 70.3 Å². The van der Waals surface area contributed by atoms with Crippen molar-refractivity contribution in [1.29, 1.82) is 0 Å². The number of aromatic hydroxyl groups is 1. The van der Waals surface area contributed by atoms with Crippen LogP contribution in [0.2, 0.25) is 0 Å². The summed E-state index contributed by atoms with van der Waals surface area (Å²) in [6.45, 7) is 6.81. The van der Waals surface area contributed by atoms with Gasteiger partial charge in [0.25, 0.3) is 11.8 Å². The Hall–Kier alpha value is -6.11. The van der Waals surface area contributed by atoms with Crippen molar-refractivity contribution in [3.8, 4) is 22.8 Å². The lowest BCUT2D eigenvalue weighted by Crippen LogP contribution is -2.52. The third-order valence-electron chi connectivity index (χ3n) is 12.2. The van der Waals surface area contributed by atoms with Gasteiger partial charge in [0.15, 0.2) is 0 Å². The molecule has 4 aromatic carbocycles. The Morgan fingerprint density at radius 2 is 1.54 bits per heavy atom. The van der Waals surface area contributed by atoms with Crippen LogP contribution in [0.4, 0.5) is 16.2 Å². The molecule has 0 bridgehead atoms.